The molecule has 0 aromatic rings. The Balaban J connectivity index is 2.61. The topological polar surface area (TPSA) is 120 Å². The van der Waals surface area contributed by atoms with Gasteiger partial charge >= 0.3 is 12.1 Å². The lowest BCUT2D eigenvalue weighted by Gasteiger charge is -2.35. The molecule has 142 valence electrons. The Labute approximate surface area is 152 Å². The summed E-state index contributed by atoms with van der Waals surface area (Å²) in [6.07, 6.45) is 1.38. The van der Waals surface area contributed by atoms with E-state index in [-0.39, 0.29) is 22.9 Å². The average molecular weight is 372 g/mol. The third kappa shape index (κ3) is 7.16. The standard InChI is InChI=1S/C16H28N4O4S/c1-10(25-12(13(17)18)14(21)23-5)19-11-7-6-8-20(9-11)15(22)24-16(2,3)4/h11,19H,1,6-9,17-18H2,2-5H3. The van der Waals surface area contributed by atoms with Crippen molar-refractivity contribution in [2.45, 2.75) is 45.3 Å². The van der Waals surface area contributed by atoms with Gasteiger partial charge in [-0.05, 0) is 33.6 Å². The number of likely N-dealkylation sites (tertiary alicyclic amines) is 1. The van der Waals surface area contributed by atoms with Crippen LogP contribution in [0.3, 0.4) is 0 Å². The molecule has 1 rings (SSSR count). The fourth-order valence-corrected chi connectivity index (χ4v) is 3.04. The molecule has 1 heterocycles. The van der Waals surface area contributed by atoms with Crippen LogP contribution in [0.4, 0.5) is 4.79 Å². The van der Waals surface area contributed by atoms with Crippen molar-refractivity contribution in [2.24, 2.45) is 11.5 Å². The number of esters is 1. The molecule has 1 unspecified atom stereocenters. The molecule has 25 heavy (non-hydrogen) atoms. The van der Waals surface area contributed by atoms with Crippen LogP contribution in [0.25, 0.3) is 0 Å². The minimum atomic E-state index is -0.619. The Hall–Kier alpha value is -2.03. The van der Waals surface area contributed by atoms with Crippen LogP contribution in [0.2, 0.25) is 0 Å². The SMILES string of the molecule is C=C(NC1CCCN(C(=O)OC(C)(C)C)C1)SC(C(=O)OC)=C(N)N. The van der Waals surface area contributed by atoms with Crippen molar-refractivity contribution in [1.29, 1.82) is 0 Å². The minimum Gasteiger partial charge on any atom is -0.465 e. The van der Waals surface area contributed by atoms with Crippen LogP contribution in [0.15, 0.2) is 22.3 Å². The molecule has 1 aliphatic heterocycles. The number of nitrogens with zero attached hydrogens (tertiary/aromatic N) is 1. The summed E-state index contributed by atoms with van der Waals surface area (Å²) in [5, 5.41) is 3.70. The number of nitrogens with two attached hydrogens (primary N) is 2. The highest BCUT2D eigenvalue weighted by molar-refractivity contribution is 8.07. The summed E-state index contributed by atoms with van der Waals surface area (Å²) in [4.78, 5) is 25.6. The molecule has 9 heteroatoms. The Morgan fingerprint density at radius 1 is 1.32 bits per heavy atom. The number of ether oxygens (including phenoxy) is 2. The summed E-state index contributed by atoms with van der Waals surface area (Å²) in [7, 11) is 1.25. The molecule has 0 bridgehead atoms. The normalized spacial score (nSPS) is 17.4. The van der Waals surface area contributed by atoms with Crippen molar-refractivity contribution >= 4 is 23.8 Å². The minimum absolute atomic E-state index is 0.000774. The number of rotatable bonds is 5. The lowest BCUT2D eigenvalue weighted by atomic mass is 10.1. The van der Waals surface area contributed by atoms with Crippen LogP contribution in [0.5, 0.6) is 0 Å². The molecule has 8 nitrogen and oxygen atoms in total. The molecule has 0 spiro atoms. The van der Waals surface area contributed by atoms with Gasteiger partial charge in [-0.15, -0.1) is 0 Å². The molecule has 0 aromatic carbocycles. The second-order valence-corrected chi connectivity index (χ2v) is 7.82. The summed E-state index contributed by atoms with van der Waals surface area (Å²) in [6, 6.07) is -0.000774. The van der Waals surface area contributed by atoms with Gasteiger partial charge in [0.2, 0.25) is 0 Å². The van der Waals surface area contributed by atoms with Gasteiger partial charge in [0.15, 0.2) is 0 Å². The number of carbonyl (C=O) groups is 2. The highest BCUT2D eigenvalue weighted by Gasteiger charge is 2.28. The molecular weight excluding hydrogens is 344 g/mol. The maximum atomic E-state index is 12.2. The zero-order valence-electron chi connectivity index (χ0n) is 15.3. The van der Waals surface area contributed by atoms with Crippen LogP contribution < -0.4 is 16.8 Å². The number of piperidine rings is 1. The third-order valence-electron chi connectivity index (χ3n) is 3.30. The van der Waals surface area contributed by atoms with E-state index in [0.717, 1.165) is 24.6 Å². The Morgan fingerprint density at radius 2 is 1.96 bits per heavy atom. The van der Waals surface area contributed by atoms with E-state index in [1.165, 1.54) is 7.11 Å². The Kier molecular flexibility index (Phi) is 7.47. The summed E-state index contributed by atoms with van der Waals surface area (Å²) in [5.74, 6) is -0.745. The van der Waals surface area contributed by atoms with Gasteiger partial charge in [0.05, 0.1) is 12.1 Å². The van der Waals surface area contributed by atoms with E-state index < -0.39 is 11.6 Å². The van der Waals surface area contributed by atoms with E-state index in [4.69, 9.17) is 16.2 Å². The molecule has 0 aromatic heterocycles. The Morgan fingerprint density at radius 3 is 2.48 bits per heavy atom. The molecule has 5 N–H and O–H groups in total. The quantitative estimate of drug-likeness (QED) is 0.490. The summed E-state index contributed by atoms with van der Waals surface area (Å²) in [6.45, 7) is 10.5. The van der Waals surface area contributed by atoms with Crippen molar-refractivity contribution in [3.05, 3.63) is 22.3 Å². The molecule has 1 fully saturated rings. The monoisotopic (exact) mass is 372 g/mol. The van der Waals surface area contributed by atoms with Gasteiger partial charge in [0.25, 0.3) is 0 Å². The summed E-state index contributed by atoms with van der Waals surface area (Å²) in [5.41, 5.74) is 10.5. The van der Waals surface area contributed by atoms with Gasteiger partial charge in [0.1, 0.15) is 16.3 Å². The fraction of sp³-hybridized carbons (Fsp3) is 0.625. The molecule has 0 radical (unpaired) electrons. The predicted molar refractivity (Wildman–Crippen MR) is 98.1 cm³/mol. The van der Waals surface area contributed by atoms with Crippen LogP contribution in [0, 0.1) is 0 Å². The summed E-state index contributed by atoms with van der Waals surface area (Å²) < 4.78 is 10.0. The van der Waals surface area contributed by atoms with Gasteiger partial charge in [0, 0.05) is 19.1 Å². The van der Waals surface area contributed by atoms with Crippen molar-refractivity contribution in [3.63, 3.8) is 0 Å². The lowest BCUT2D eigenvalue weighted by molar-refractivity contribution is -0.135. The average Bonchev–Trinajstić information content (AvgIpc) is 2.50. The number of hydrogen-bond acceptors (Lipinski definition) is 8. The van der Waals surface area contributed by atoms with Crippen molar-refractivity contribution in [2.75, 3.05) is 20.2 Å². The summed E-state index contributed by atoms with van der Waals surface area (Å²) >= 11 is 1.01. The highest BCUT2D eigenvalue weighted by Crippen LogP contribution is 2.25. The van der Waals surface area contributed by atoms with Crippen LogP contribution in [-0.4, -0.2) is 48.8 Å². The number of amides is 1. The van der Waals surface area contributed by atoms with E-state index in [1.807, 2.05) is 20.8 Å². The van der Waals surface area contributed by atoms with Crippen molar-refractivity contribution in [1.82, 2.24) is 10.2 Å². The number of thioether (sulfide) groups is 1. The molecule has 1 amide bonds. The maximum Gasteiger partial charge on any atom is 0.410 e. The third-order valence-corrected chi connectivity index (χ3v) is 4.27. The molecule has 1 atom stereocenters. The van der Waals surface area contributed by atoms with Crippen molar-refractivity contribution < 1.29 is 19.1 Å². The number of nitrogens with one attached hydrogen (secondary N) is 1. The van der Waals surface area contributed by atoms with Crippen molar-refractivity contribution in [3.8, 4) is 0 Å². The molecule has 0 aliphatic carbocycles. The first kappa shape index (κ1) is 21.0. The largest absolute Gasteiger partial charge is 0.465 e. The molecule has 1 aliphatic rings. The zero-order chi connectivity index (χ0) is 19.2. The first-order valence-corrected chi connectivity index (χ1v) is 8.80. The predicted octanol–water partition coefficient (Wildman–Crippen LogP) is 1.44. The first-order valence-electron chi connectivity index (χ1n) is 7.98. The second kappa shape index (κ2) is 8.89. The van der Waals surface area contributed by atoms with Gasteiger partial charge in [-0.3, -0.25) is 0 Å². The van der Waals surface area contributed by atoms with Crippen LogP contribution in [-0.2, 0) is 14.3 Å². The van der Waals surface area contributed by atoms with E-state index >= 15 is 0 Å². The highest BCUT2D eigenvalue weighted by atomic mass is 32.2. The molecule has 1 saturated heterocycles. The van der Waals surface area contributed by atoms with E-state index in [9.17, 15) is 9.59 Å². The number of carbonyl (C=O) groups excluding carboxylic acids is 2. The van der Waals surface area contributed by atoms with Gasteiger partial charge < -0.3 is 31.2 Å². The van der Waals surface area contributed by atoms with Gasteiger partial charge in [-0.25, -0.2) is 9.59 Å². The molecule has 0 saturated carbocycles. The molecular formula is C16H28N4O4S. The Bertz CT molecular complexity index is 553. The smallest absolute Gasteiger partial charge is 0.410 e. The van der Waals surface area contributed by atoms with E-state index in [2.05, 4.69) is 16.6 Å². The fourth-order valence-electron chi connectivity index (χ4n) is 2.28. The second-order valence-electron chi connectivity index (χ2n) is 6.71. The zero-order valence-corrected chi connectivity index (χ0v) is 16.1. The lowest BCUT2D eigenvalue weighted by Crippen LogP contribution is -2.48. The van der Waals surface area contributed by atoms with Gasteiger partial charge in [-0.1, -0.05) is 18.3 Å². The number of hydrogen-bond donors (Lipinski definition) is 3. The van der Waals surface area contributed by atoms with Gasteiger partial charge in [-0.2, -0.15) is 0 Å². The maximum absolute atomic E-state index is 12.2. The van der Waals surface area contributed by atoms with Crippen LogP contribution in [0.1, 0.15) is 33.6 Å². The van der Waals surface area contributed by atoms with E-state index in [0.29, 0.717) is 18.1 Å². The van der Waals surface area contributed by atoms with Crippen LogP contribution >= 0.6 is 11.8 Å². The first-order chi connectivity index (χ1) is 11.5. The number of methoxy groups -OCH3 is 1. The van der Waals surface area contributed by atoms with E-state index in [1.54, 1.807) is 4.90 Å².